The highest BCUT2D eigenvalue weighted by atomic mass is 35.5. The van der Waals surface area contributed by atoms with Crippen LogP contribution in [0.5, 0.6) is 0 Å². The number of halogens is 1. The van der Waals surface area contributed by atoms with Gasteiger partial charge in [0, 0.05) is 30.1 Å². The summed E-state index contributed by atoms with van der Waals surface area (Å²) >= 11 is 6.00. The quantitative estimate of drug-likeness (QED) is 0.857. The van der Waals surface area contributed by atoms with Gasteiger partial charge in [0.25, 0.3) is 0 Å². The van der Waals surface area contributed by atoms with Crippen molar-refractivity contribution in [3.8, 4) is 0 Å². The van der Waals surface area contributed by atoms with E-state index in [-0.39, 0.29) is 0 Å². The molecule has 21 heavy (non-hydrogen) atoms. The largest absolute Gasteiger partial charge is 0.377 e. The summed E-state index contributed by atoms with van der Waals surface area (Å²) in [6.45, 7) is 2.73. The zero-order chi connectivity index (χ0) is 14.7. The van der Waals surface area contributed by atoms with Gasteiger partial charge < -0.3 is 4.74 Å². The Morgan fingerprint density at radius 3 is 3.00 bits per heavy atom. The first-order chi connectivity index (χ1) is 10.2. The number of nitrogens with zero attached hydrogens (tertiary/aromatic N) is 2. The van der Waals surface area contributed by atoms with Crippen LogP contribution in [0, 0.1) is 0 Å². The predicted octanol–water partition coefficient (Wildman–Crippen LogP) is 3.89. The first kappa shape index (κ1) is 14.8. The van der Waals surface area contributed by atoms with Crippen molar-refractivity contribution in [2.24, 2.45) is 0 Å². The molecular formula is C17H21ClN2O. The summed E-state index contributed by atoms with van der Waals surface area (Å²) in [4.78, 5) is 7.00. The van der Waals surface area contributed by atoms with Gasteiger partial charge in [-0.25, -0.2) is 0 Å². The molecule has 4 heteroatoms. The minimum Gasteiger partial charge on any atom is -0.377 e. The molecule has 0 bridgehead atoms. The van der Waals surface area contributed by atoms with E-state index in [1.165, 1.54) is 19.3 Å². The minimum absolute atomic E-state index is 0.378. The third-order valence-electron chi connectivity index (χ3n) is 3.93. The van der Waals surface area contributed by atoms with E-state index in [0.717, 1.165) is 41.3 Å². The topological polar surface area (TPSA) is 25.4 Å². The Labute approximate surface area is 130 Å². The van der Waals surface area contributed by atoms with Crippen LogP contribution in [-0.2, 0) is 11.3 Å². The van der Waals surface area contributed by atoms with Crippen LogP contribution in [0.3, 0.4) is 0 Å². The second-order valence-corrected chi connectivity index (χ2v) is 6.26. The van der Waals surface area contributed by atoms with Crippen LogP contribution >= 0.6 is 11.6 Å². The molecule has 0 radical (unpaired) electrons. The van der Waals surface area contributed by atoms with Gasteiger partial charge in [-0.15, -0.1) is 0 Å². The van der Waals surface area contributed by atoms with Gasteiger partial charge in [0.05, 0.1) is 17.3 Å². The number of pyridine rings is 1. The third-order valence-corrected chi connectivity index (χ3v) is 4.17. The fourth-order valence-electron chi connectivity index (χ4n) is 2.87. The van der Waals surface area contributed by atoms with Crippen LogP contribution in [0.15, 0.2) is 30.3 Å². The summed E-state index contributed by atoms with van der Waals surface area (Å²) in [6, 6.07) is 9.99. The van der Waals surface area contributed by atoms with E-state index in [4.69, 9.17) is 21.3 Å². The van der Waals surface area contributed by atoms with Gasteiger partial charge in [0.15, 0.2) is 0 Å². The Kier molecular flexibility index (Phi) is 4.73. The maximum absolute atomic E-state index is 6.00. The molecule has 1 unspecified atom stereocenters. The van der Waals surface area contributed by atoms with Crippen LogP contribution in [0.4, 0.5) is 0 Å². The Morgan fingerprint density at radius 2 is 2.19 bits per heavy atom. The highest BCUT2D eigenvalue weighted by Crippen LogP contribution is 2.19. The van der Waals surface area contributed by atoms with E-state index in [9.17, 15) is 0 Å². The van der Waals surface area contributed by atoms with Gasteiger partial charge in [-0.3, -0.25) is 9.88 Å². The molecular weight excluding hydrogens is 284 g/mol. The first-order valence-electron chi connectivity index (χ1n) is 7.56. The fraction of sp³-hybridized carbons (Fsp3) is 0.471. The lowest BCUT2D eigenvalue weighted by atomic mass is 10.1. The third kappa shape index (κ3) is 3.94. The van der Waals surface area contributed by atoms with E-state index < -0.39 is 0 Å². The van der Waals surface area contributed by atoms with Crippen molar-refractivity contribution in [1.29, 1.82) is 0 Å². The van der Waals surface area contributed by atoms with Crippen molar-refractivity contribution in [3.05, 3.63) is 41.0 Å². The molecule has 1 aliphatic rings. The molecule has 1 aromatic carbocycles. The number of benzene rings is 1. The van der Waals surface area contributed by atoms with Crippen molar-refractivity contribution >= 4 is 22.5 Å². The predicted molar refractivity (Wildman–Crippen MR) is 86.7 cm³/mol. The average molecular weight is 305 g/mol. The van der Waals surface area contributed by atoms with Gasteiger partial charge in [0.2, 0.25) is 0 Å². The summed E-state index contributed by atoms with van der Waals surface area (Å²) in [5.41, 5.74) is 2.09. The van der Waals surface area contributed by atoms with Crippen LogP contribution < -0.4 is 0 Å². The molecule has 2 aromatic rings. The Balaban J connectivity index is 1.65. The summed E-state index contributed by atoms with van der Waals surface area (Å²) in [6.07, 6.45) is 4.04. The number of rotatable bonds is 4. The summed E-state index contributed by atoms with van der Waals surface area (Å²) in [5.74, 6) is 0. The second-order valence-electron chi connectivity index (χ2n) is 5.82. The molecule has 1 fully saturated rings. The summed E-state index contributed by atoms with van der Waals surface area (Å²) in [5, 5.41) is 1.84. The lowest BCUT2D eigenvalue weighted by Gasteiger charge is -2.27. The standard InChI is InChI=1S/C17H21ClN2O/c1-20(12-16-4-2-3-9-21-16)11-15-7-5-13-10-14(18)6-8-17(13)19-15/h5-8,10,16H,2-4,9,11-12H2,1H3. The molecule has 112 valence electrons. The zero-order valence-corrected chi connectivity index (χ0v) is 13.1. The highest BCUT2D eigenvalue weighted by Gasteiger charge is 2.16. The molecule has 2 heterocycles. The maximum Gasteiger partial charge on any atom is 0.0706 e. The lowest BCUT2D eigenvalue weighted by Crippen LogP contribution is -2.33. The monoisotopic (exact) mass is 304 g/mol. The Hall–Kier alpha value is -1.16. The fourth-order valence-corrected chi connectivity index (χ4v) is 3.05. The zero-order valence-electron chi connectivity index (χ0n) is 12.4. The number of ether oxygens (including phenoxy) is 1. The van der Waals surface area contributed by atoms with Crippen molar-refractivity contribution in [1.82, 2.24) is 9.88 Å². The van der Waals surface area contributed by atoms with Gasteiger partial charge in [-0.2, -0.15) is 0 Å². The van der Waals surface area contributed by atoms with Crippen molar-refractivity contribution in [2.75, 3.05) is 20.2 Å². The number of fused-ring (bicyclic) bond motifs is 1. The lowest BCUT2D eigenvalue weighted by molar-refractivity contribution is -0.00273. The van der Waals surface area contributed by atoms with E-state index in [2.05, 4.69) is 24.1 Å². The van der Waals surface area contributed by atoms with Gasteiger partial charge in [-0.05, 0) is 50.6 Å². The molecule has 0 N–H and O–H groups in total. The van der Waals surface area contributed by atoms with E-state index in [1.54, 1.807) is 0 Å². The first-order valence-corrected chi connectivity index (χ1v) is 7.94. The molecule has 0 spiro atoms. The number of likely N-dealkylation sites (N-methyl/N-ethyl adjacent to an activating group) is 1. The van der Waals surface area contributed by atoms with Crippen LogP contribution in [-0.4, -0.2) is 36.2 Å². The minimum atomic E-state index is 0.378. The van der Waals surface area contributed by atoms with Crippen molar-refractivity contribution in [3.63, 3.8) is 0 Å². The molecule has 1 saturated heterocycles. The van der Waals surface area contributed by atoms with E-state index >= 15 is 0 Å². The SMILES string of the molecule is CN(Cc1ccc2cc(Cl)ccc2n1)CC1CCCCO1. The number of aromatic nitrogens is 1. The Morgan fingerprint density at radius 1 is 1.29 bits per heavy atom. The number of hydrogen-bond acceptors (Lipinski definition) is 3. The van der Waals surface area contributed by atoms with Gasteiger partial charge in [0.1, 0.15) is 0 Å². The van der Waals surface area contributed by atoms with Crippen molar-refractivity contribution in [2.45, 2.75) is 31.9 Å². The molecule has 0 amide bonds. The molecule has 3 nitrogen and oxygen atoms in total. The molecule has 0 saturated carbocycles. The normalized spacial score (nSPS) is 19.3. The van der Waals surface area contributed by atoms with Crippen LogP contribution in [0.2, 0.25) is 5.02 Å². The van der Waals surface area contributed by atoms with Crippen LogP contribution in [0.1, 0.15) is 25.0 Å². The van der Waals surface area contributed by atoms with E-state index in [0.29, 0.717) is 6.10 Å². The molecule has 0 aliphatic carbocycles. The second kappa shape index (κ2) is 6.73. The smallest absolute Gasteiger partial charge is 0.0706 e. The maximum atomic E-state index is 6.00. The molecule has 3 rings (SSSR count). The van der Waals surface area contributed by atoms with E-state index in [1.807, 2.05) is 18.2 Å². The summed E-state index contributed by atoms with van der Waals surface area (Å²) < 4.78 is 5.79. The highest BCUT2D eigenvalue weighted by molar-refractivity contribution is 6.31. The molecule has 1 aliphatic heterocycles. The average Bonchev–Trinajstić information content (AvgIpc) is 2.48. The van der Waals surface area contributed by atoms with Crippen LogP contribution in [0.25, 0.3) is 10.9 Å². The van der Waals surface area contributed by atoms with Gasteiger partial charge in [-0.1, -0.05) is 17.7 Å². The van der Waals surface area contributed by atoms with Gasteiger partial charge >= 0.3 is 0 Å². The molecule has 1 atom stereocenters. The Bertz CT molecular complexity index is 611. The summed E-state index contributed by atoms with van der Waals surface area (Å²) in [7, 11) is 2.13. The van der Waals surface area contributed by atoms with Crippen molar-refractivity contribution < 1.29 is 4.74 Å². The number of hydrogen-bond donors (Lipinski definition) is 0. The molecule has 1 aromatic heterocycles.